The molecule has 0 aliphatic heterocycles. The fraction of sp³-hybridized carbons (Fsp3) is 0.389. The molecule has 0 radical (unpaired) electrons. The van der Waals surface area contributed by atoms with Gasteiger partial charge in [-0.3, -0.25) is 4.79 Å². The van der Waals surface area contributed by atoms with Crippen LogP contribution in [-0.2, 0) is 4.74 Å². The van der Waals surface area contributed by atoms with E-state index < -0.39 is 0 Å². The van der Waals surface area contributed by atoms with E-state index in [4.69, 9.17) is 9.47 Å². The fourth-order valence-corrected chi connectivity index (χ4v) is 1.89. The number of carbonyl (C=O) groups is 1. The van der Waals surface area contributed by atoms with Crippen LogP contribution in [0.3, 0.4) is 0 Å². The largest absolute Gasteiger partial charge is 0.489 e. The van der Waals surface area contributed by atoms with Crippen LogP contribution in [-0.4, -0.2) is 25.6 Å². The molecule has 0 bridgehead atoms. The highest BCUT2D eigenvalue weighted by atomic mass is 16.5. The monoisotopic (exact) mass is 288 g/mol. The minimum atomic E-state index is 0.126. The van der Waals surface area contributed by atoms with E-state index in [1.807, 2.05) is 25.1 Å². The Morgan fingerprint density at radius 1 is 1.29 bits per heavy atom. The summed E-state index contributed by atoms with van der Waals surface area (Å²) in [5.74, 6) is 0.912. The summed E-state index contributed by atoms with van der Waals surface area (Å²) >= 11 is 0. The first-order chi connectivity index (χ1) is 10.1. The Morgan fingerprint density at radius 2 is 2.00 bits per heavy atom. The molecule has 2 atom stereocenters. The van der Waals surface area contributed by atoms with Crippen molar-refractivity contribution in [3.05, 3.63) is 54.1 Å². The molecule has 2 unspecified atom stereocenters. The minimum absolute atomic E-state index is 0.126. The second-order valence-corrected chi connectivity index (χ2v) is 5.03. The van der Waals surface area contributed by atoms with Gasteiger partial charge in [0.05, 0.1) is 18.3 Å². The van der Waals surface area contributed by atoms with Crippen LogP contribution in [0.4, 0.5) is 0 Å². The normalized spacial score (nSPS) is 14.3. The van der Waals surface area contributed by atoms with Crippen LogP contribution < -0.4 is 4.74 Å². The van der Waals surface area contributed by atoms with Crippen molar-refractivity contribution < 1.29 is 14.3 Å². The maximum absolute atomic E-state index is 10.9. The zero-order valence-electron chi connectivity index (χ0n) is 13.0. The van der Waals surface area contributed by atoms with Crippen LogP contribution in [0.15, 0.2) is 48.6 Å². The zero-order valence-corrected chi connectivity index (χ0v) is 13.0. The molecule has 0 amide bonds. The second-order valence-electron chi connectivity index (χ2n) is 5.03. The first-order valence-electron chi connectivity index (χ1n) is 7.16. The molecule has 0 aliphatic carbocycles. The van der Waals surface area contributed by atoms with E-state index in [9.17, 15) is 4.79 Å². The zero-order chi connectivity index (χ0) is 15.7. The van der Waals surface area contributed by atoms with Crippen molar-refractivity contribution in [3.63, 3.8) is 0 Å². The second kappa shape index (κ2) is 9.14. The summed E-state index contributed by atoms with van der Waals surface area (Å²) in [6, 6.07) is 7.21. The van der Waals surface area contributed by atoms with Gasteiger partial charge >= 0.3 is 0 Å². The summed E-state index contributed by atoms with van der Waals surface area (Å²) in [6.45, 7) is 10.9. The highest BCUT2D eigenvalue weighted by Gasteiger charge is 2.13. The van der Waals surface area contributed by atoms with Crippen LogP contribution in [0, 0.1) is 5.92 Å². The lowest BCUT2D eigenvalue weighted by Crippen LogP contribution is -2.19. The summed E-state index contributed by atoms with van der Waals surface area (Å²) in [7, 11) is 0. The fourth-order valence-electron chi connectivity index (χ4n) is 1.89. The number of aldehydes is 1. The smallest absolute Gasteiger partial charge is 0.153 e. The van der Waals surface area contributed by atoms with E-state index in [1.165, 1.54) is 5.57 Å². The molecule has 3 nitrogen and oxygen atoms in total. The molecule has 1 aromatic carbocycles. The molecule has 0 heterocycles. The van der Waals surface area contributed by atoms with Crippen molar-refractivity contribution in [3.8, 4) is 5.75 Å². The van der Waals surface area contributed by atoms with Crippen molar-refractivity contribution in [2.75, 3.05) is 13.2 Å². The van der Waals surface area contributed by atoms with Gasteiger partial charge in [0.15, 0.2) is 6.29 Å². The summed E-state index contributed by atoms with van der Waals surface area (Å²) in [5, 5.41) is 0. The highest BCUT2D eigenvalue weighted by molar-refractivity contribution is 5.79. The standard InChI is InChI=1S/C18H24O3/c1-5-11-20-16(4)15(3)14(2)10-12-21-18-9-7-6-8-17(18)13-19/h5-10,13,15-16H,1,11-12H2,2-4H3. The van der Waals surface area contributed by atoms with Gasteiger partial charge in [-0.05, 0) is 32.1 Å². The Kier molecular flexibility index (Phi) is 7.48. The number of para-hydroxylation sites is 1. The number of benzene rings is 1. The molecule has 0 fully saturated rings. The lowest BCUT2D eigenvalue weighted by atomic mass is 9.97. The third-order valence-corrected chi connectivity index (χ3v) is 3.59. The number of rotatable bonds is 9. The molecule has 114 valence electrons. The van der Waals surface area contributed by atoms with Crippen molar-refractivity contribution in [2.24, 2.45) is 5.92 Å². The van der Waals surface area contributed by atoms with E-state index in [0.29, 0.717) is 30.4 Å². The molecule has 1 aromatic rings. The van der Waals surface area contributed by atoms with E-state index >= 15 is 0 Å². The number of carbonyl (C=O) groups excluding carboxylic acids is 1. The predicted octanol–water partition coefficient (Wildman–Crippen LogP) is 4.05. The van der Waals surface area contributed by atoms with Crippen LogP contribution in [0.2, 0.25) is 0 Å². The molecule has 0 N–H and O–H groups in total. The molecular formula is C18H24O3. The quantitative estimate of drug-likeness (QED) is 0.508. The van der Waals surface area contributed by atoms with Gasteiger partial charge < -0.3 is 9.47 Å². The minimum Gasteiger partial charge on any atom is -0.489 e. The van der Waals surface area contributed by atoms with Gasteiger partial charge in [0.25, 0.3) is 0 Å². The van der Waals surface area contributed by atoms with E-state index in [-0.39, 0.29) is 6.10 Å². The topological polar surface area (TPSA) is 35.5 Å². The third kappa shape index (κ3) is 5.56. The molecular weight excluding hydrogens is 264 g/mol. The Hall–Kier alpha value is -1.87. The predicted molar refractivity (Wildman–Crippen MR) is 85.9 cm³/mol. The van der Waals surface area contributed by atoms with Crippen LogP contribution in [0.5, 0.6) is 5.75 Å². The molecule has 1 rings (SSSR count). The van der Waals surface area contributed by atoms with Crippen LogP contribution >= 0.6 is 0 Å². The van der Waals surface area contributed by atoms with Gasteiger partial charge in [-0.1, -0.05) is 30.7 Å². The van der Waals surface area contributed by atoms with E-state index in [1.54, 1.807) is 18.2 Å². The van der Waals surface area contributed by atoms with Gasteiger partial charge in [-0.15, -0.1) is 6.58 Å². The number of hydrogen-bond donors (Lipinski definition) is 0. The number of ether oxygens (including phenoxy) is 2. The first-order valence-corrected chi connectivity index (χ1v) is 7.16. The van der Waals surface area contributed by atoms with Gasteiger partial charge in [0, 0.05) is 5.92 Å². The molecule has 0 saturated heterocycles. The Morgan fingerprint density at radius 3 is 2.67 bits per heavy atom. The lowest BCUT2D eigenvalue weighted by Gasteiger charge is -2.21. The Bertz CT molecular complexity index is 491. The molecule has 0 saturated carbocycles. The molecule has 0 aliphatic rings. The Balaban J connectivity index is 2.55. The maximum Gasteiger partial charge on any atom is 0.153 e. The summed E-state index contributed by atoms with van der Waals surface area (Å²) in [4.78, 5) is 10.9. The SMILES string of the molecule is C=CCOC(C)C(C)C(C)=CCOc1ccccc1C=O. The van der Waals surface area contributed by atoms with Crippen LogP contribution in [0.25, 0.3) is 0 Å². The highest BCUT2D eigenvalue weighted by Crippen LogP contribution is 2.18. The summed E-state index contributed by atoms with van der Waals surface area (Å²) in [5.41, 5.74) is 1.77. The molecule has 0 spiro atoms. The van der Waals surface area contributed by atoms with E-state index in [2.05, 4.69) is 20.4 Å². The van der Waals surface area contributed by atoms with Gasteiger partial charge in [-0.25, -0.2) is 0 Å². The molecule has 0 aromatic heterocycles. The van der Waals surface area contributed by atoms with Gasteiger partial charge in [0.2, 0.25) is 0 Å². The molecule has 3 heteroatoms. The average Bonchev–Trinajstić information content (AvgIpc) is 2.52. The number of hydrogen-bond acceptors (Lipinski definition) is 3. The van der Waals surface area contributed by atoms with Crippen LogP contribution in [0.1, 0.15) is 31.1 Å². The van der Waals surface area contributed by atoms with Crippen molar-refractivity contribution in [1.29, 1.82) is 0 Å². The summed E-state index contributed by atoms with van der Waals surface area (Å²) < 4.78 is 11.3. The van der Waals surface area contributed by atoms with Gasteiger partial charge in [-0.2, -0.15) is 0 Å². The third-order valence-electron chi connectivity index (χ3n) is 3.59. The summed E-state index contributed by atoms with van der Waals surface area (Å²) in [6.07, 6.45) is 4.71. The first kappa shape index (κ1) is 17.2. The van der Waals surface area contributed by atoms with Gasteiger partial charge in [0.1, 0.15) is 12.4 Å². The maximum atomic E-state index is 10.9. The van der Waals surface area contributed by atoms with Crippen molar-refractivity contribution in [2.45, 2.75) is 26.9 Å². The van der Waals surface area contributed by atoms with Crippen molar-refractivity contribution >= 4 is 6.29 Å². The molecule has 21 heavy (non-hydrogen) atoms. The van der Waals surface area contributed by atoms with Crippen molar-refractivity contribution in [1.82, 2.24) is 0 Å². The average molecular weight is 288 g/mol. The lowest BCUT2D eigenvalue weighted by molar-refractivity contribution is 0.0597. The Labute approximate surface area is 127 Å². The van der Waals surface area contributed by atoms with E-state index in [0.717, 1.165) is 6.29 Å².